The van der Waals surface area contributed by atoms with Crippen molar-refractivity contribution in [3.8, 4) is 0 Å². The molecular weight excluding hydrogens is 362 g/mol. The fraction of sp³-hybridized carbons (Fsp3) is 0.294. The molecule has 2 aromatic rings. The van der Waals surface area contributed by atoms with Crippen molar-refractivity contribution in [1.29, 1.82) is 0 Å². The Kier molecular flexibility index (Phi) is 5.24. The summed E-state index contributed by atoms with van der Waals surface area (Å²) < 4.78 is 27.2. The predicted molar refractivity (Wildman–Crippen MR) is 96.2 cm³/mol. The number of carbonyl (C=O) groups excluding carboxylic acids is 1. The second-order valence-electron chi connectivity index (χ2n) is 5.98. The molecule has 1 aliphatic rings. The summed E-state index contributed by atoms with van der Waals surface area (Å²) in [5.41, 5.74) is 0.553. The van der Waals surface area contributed by atoms with Gasteiger partial charge in [-0.25, -0.2) is 8.42 Å². The number of carbonyl (C=O) groups is 1. The molecule has 0 saturated heterocycles. The zero-order valence-corrected chi connectivity index (χ0v) is 15.0. The van der Waals surface area contributed by atoms with Crippen molar-refractivity contribution in [2.75, 3.05) is 4.72 Å². The van der Waals surface area contributed by atoms with E-state index in [4.69, 9.17) is 11.6 Å². The Labute approximate surface area is 151 Å². The number of aromatic nitrogens is 1. The zero-order valence-electron chi connectivity index (χ0n) is 13.4. The Morgan fingerprint density at radius 3 is 2.48 bits per heavy atom. The Balaban J connectivity index is 1.74. The van der Waals surface area contributed by atoms with Crippen LogP contribution < -0.4 is 10.0 Å². The van der Waals surface area contributed by atoms with Crippen molar-refractivity contribution in [3.05, 3.63) is 53.3 Å². The summed E-state index contributed by atoms with van der Waals surface area (Å²) in [6.45, 7) is 0. The van der Waals surface area contributed by atoms with E-state index in [2.05, 4.69) is 15.0 Å². The molecule has 0 bridgehead atoms. The molecule has 1 heterocycles. The number of hydrogen-bond donors (Lipinski definition) is 2. The zero-order chi connectivity index (χ0) is 17.9. The highest BCUT2D eigenvalue weighted by atomic mass is 35.5. The van der Waals surface area contributed by atoms with E-state index in [1.165, 1.54) is 42.7 Å². The van der Waals surface area contributed by atoms with Gasteiger partial charge in [0.2, 0.25) is 0 Å². The average molecular weight is 380 g/mol. The fourth-order valence-electron chi connectivity index (χ4n) is 2.79. The van der Waals surface area contributed by atoms with Gasteiger partial charge in [-0.2, -0.15) is 0 Å². The molecule has 0 radical (unpaired) electrons. The molecule has 6 nitrogen and oxygen atoms in total. The topological polar surface area (TPSA) is 88.2 Å². The largest absolute Gasteiger partial charge is 0.349 e. The van der Waals surface area contributed by atoms with E-state index in [-0.39, 0.29) is 22.5 Å². The third kappa shape index (κ3) is 4.49. The first-order chi connectivity index (χ1) is 11.9. The minimum atomic E-state index is -3.78. The molecule has 8 heteroatoms. The van der Waals surface area contributed by atoms with Crippen LogP contribution in [0.1, 0.15) is 36.0 Å². The van der Waals surface area contributed by atoms with E-state index in [9.17, 15) is 13.2 Å². The summed E-state index contributed by atoms with van der Waals surface area (Å²) in [6.07, 6.45) is 6.96. The van der Waals surface area contributed by atoms with Crippen molar-refractivity contribution in [2.24, 2.45) is 0 Å². The molecule has 0 aliphatic heterocycles. The van der Waals surface area contributed by atoms with Gasteiger partial charge in [0.1, 0.15) is 0 Å². The average Bonchev–Trinajstić information content (AvgIpc) is 3.08. The van der Waals surface area contributed by atoms with Crippen LogP contribution in [-0.4, -0.2) is 25.4 Å². The van der Waals surface area contributed by atoms with Crippen LogP contribution in [0.2, 0.25) is 5.02 Å². The van der Waals surface area contributed by atoms with Crippen LogP contribution in [0.3, 0.4) is 0 Å². The summed E-state index contributed by atoms with van der Waals surface area (Å²) >= 11 is 5.78. The molecule has 1 aromatic heterocycles. The number of benzene rings is 1. The summed E-state index contributed by atoms with van der Waals surface area (Å²) in [4.78, 5) is 16.3. The molecular formula is C17H18ClN3O3S. The quantitative estimate of drug-likeness (QED) is 0.834. The van der Waals surface area contributed by atoms with E-state index in [1.807, 2.05) is 0 Å². The summed E-state index contributed by atoms with van der Waals surface area (Å²) in [6, 6.07) is 7.48. The standard InChI is InChI=1S/C17H18ClN3O3S/c18-13-5-7-16(8-6-13)25(23,24)21-15-9-12(10-19-11-15)17(22)20-14-3-1-2-4-14/h5-11,14,21H,1-4H2,(H,20,22). The maximum absolute atomic E-state index is 12.4. The SMILES string of the molecule is O=C(NC1CCCC1)c1cncc(NS(=O)(=O)c2ccc(Cl)cc2)c1. The van der Waals surface area contributed by atoms with Crippen LogP contribution in [0.4, 0.5) is 5.69 Å². The van der Waals surface area contributed by atoms with Gasteiger partial charge in [-0.1, -0.05) is 24.4 Å². The Hall–Kier alpha value is -2.12. The van der Waals surface area contributed by atoms with E-state index < -0.39 is 10.0 Å². The normalized spacial score (nSPS) is 15.1. The van der Waals surface area contributed by atoms with Crippen LogP contribution in [-0.2, 0) is 10.0 Å². The molecule has 0 atom stereocenters. The van der Waals surface area contributed by atoms with Crippen molar-refractivity contribution in [2.45, 2.75) is 36.6 Å². The van der Waals surface area contributed by atoms with Gasteiger partial charge in [0, 0.05) is 17.3 Å². The number of pyridine rings is 1. The van der Waals surface area contributed by atoms with E-state index in [1.54, 1.807) is 0 Å². The highest BCUT2D eigenvalue weighted by molar-refractivity contribution is 7.92. The molecule has 132 valence electrons. The van der Waals surface area contributed by atoms with Gasteiger partial charge >= 0.3 is 0 Å². The number of nitrogens with one attached hydrogen (secondary N) is 2. The molecule has 1 aromatic carbocycles. The van der Waals surface area contributed by atoms with Gasteiger partial charge in [0.25, 0.3) is 15.9 Å². The first kappa shape index (κ1) is 17.7. The number of hydrogen-bond acceptors (Lipinski definition) is 4. The first-order valence-electron chi connectivity index (χ1n) is 7.98. The molecule has 1 aliphatic carbocycles. The predicted octanol–water partition coefficient (Wildman–Crippen LogP) is 3.21. The highest BCUT2D eigenvalue weighted by Gasteiger charge is 2.19. The minimum Gasteiger partial charge on any atom is -0.349 e. The smallest absolute Gasteiger partial charge is 0.261 e. The van der Waals surface area contributed by atoms with Gasteiger partial charge in [0.15, 0.2) is 0 Å². The summed E-state index contributed by atoms with van der Waals surface area (Å²) in [5, 5.41) is 3.40. The Morgan fingerprint density at radius 2 is 1.80 bits per heavy atom. The number of rotatable bonds is 5. The third-order valence-corrected chi connectivity index (χ3v) is 5.72. The van der Waals surface area contributed by atoms with Crippen molar-refractivity contribution < 1.29 is 13.2 Å². The second-order valence-corrected chi connectivity index (χ2v) is 8.10. The van der Waals surface area contributed by atoms with Crippen LogP contribution in [0, 0.1) is 0 Å². The molecule has 1 fully saturated rings. The lowest BCUT2D eigenvalue weighted by molar-refractivity contribution is 0.0937. The highest BCUT2D eigenvalue weighted by Crippen LogP contribution is 2.20. The number of halogens is 1. The summed E-state index contributed by atoms with van der Waals surface area (Å²) in [5.74, 6) is -0.244. The van der Waals surface area contributed by atoms with Crippen LogP contribution >= 0.6 is 11.6 Å². The number of sulfonamides is 1. The number of amides is 1. The van der Waals surface area contributed by atoms with Crippen molar-refractivity contribution >= 4 is 33.2 Å². The van der Waals surface area contributed by atoms with Gasteiger partial charge in [-0.3, -0.25) is 14.5 Å². The Morgan fingerprint density at radius 1 is 1.12 bits per heavy atom. The molecule has 3 rings (SSSR count). The molecule has 2 N–H and O–H groups in total. The summed E-state index contributed by atoms with van der Waals surface area (Å²) in [7, 11) is -3.78. The van der Waals surface area contributed by atoms with Crippen LogP contribution in [0.5, 0.6) is 0 Å². The van der Waals surface area contributed by atoms with Gasteiger partial charge < -0.3 is 5.32 Å². The Bertz CT molecular complexity index is 863. The lowest BCUT2D eigenvalue weighted by atomic mass is 10.2. The van der Waals surface area contributed by atoms with Crippen LogP contribution in [0.25, 0.3) is 0 Å². The van der Waals surface area contributed by atoms with Gasteiger partial charge in [0.05, 0.1) is 22.3 Å². The molecule has 1 amide bonds. The van der Waals surface area contributed by atoms with Crippen molar-refractivity contribution in [3.63, 3.8) is 0 Å². The molecule has 25 heavy (non-hydrogen) atoms. The lowest BCUT2D eigenvalue weighted by Crippen LogP contribution is -2.32. The maximum atomic E-state index is 12.4. The monoisotopic (exact) mass is 379 g/mol. The molecule has 1 saturated carbocycles. The second kappa shape index (κ2) is 7.41. The van der Waals surface area contributed by atoms with E-state index in [0.717, 1.165) is 25.7 Å². The van der Waals surface area contributed by atoms with E-state index >= 15 is 0 Å². The number of anilines is 1. The van der Waals surface area contributed by atoms with E-state index in [0.29, 0.717) is 10.6 Å². The molecule has 0 unspecified atom stereocenters. The third-order valence-electron chi connectivity index (χ3n) is 4.07. The van der Waals surface area contributed by atoms with Crippen LogP contribution in [0.15, 0.2) is 47.6 Å². The minimum absolute atomic E-state index is 0.0812. The fourth-order valence-corrected chi connectivity index (χ4v) is 3.95. The maximum Gasteiger partial charge on any atom is 0.261 e. The molecule has 0 spiro atoms. The van der Waals surface area contributed by atoms with Crippen molar-refractivity contribution in [1.82, 2.24) is 10.3 Å². The first-order valence-corrected chi connectivity index (χ1v) is 9.84. The number of nitrogens with zero attached hydrogens (tertiary/aromatic N) is 1. The lowest BCUT2D eigenvalue weighted by Gasteiger charge is -2.13. The van der Waals surface area contributed by atoms with Gasteiger partial charge in [-0.15, -0.1) is 0 Å². The van der Waals surface area contributed by atoms with Gasteiger partial charge in [-0.05, 0) is 43.2 Å².